The van der Waals surface area contributed by atoms with Crippen molar-refractivity contribution in [2.75, 3.05) is 5.32 Å². The standard InChI is InChI=1S/C12H14ClN3S2/c13-10-5-9-11(17-10)18-16-12(15-9)14-8-4-6-1-2-7(8)3-6/h5-8H,1-4H2,(H2,14,15,16). The number of nitrogens with zero attached hydrogens (tertiary/aromatic N) is 1. The van der Waals surface area contributed by atoms with Crippen LogP contribution in [-0.4, -0.2) is 12.0 Å². The van der Waals surface area contributed by atoms with Gasteiger partial charge in [-0.25, -0.2) is 4.99 Å². The highest BCUT2D eigenvalue weighted by Gasteiger charge is 2.39. The molecule has 2 heterocycles. The molecule has 2 aliphatic carbocycles. The van der Waals surface area contributed by atoms with Crippen LogP contribution in [0.1, 0.15) is 25.7 Å². The van der Waals surface area contributed by atoms with E-state index in [2.05, 4.69) is 10.0 Å². The van der Waals surface area contributed by atoms with Gasteiger partial charge in [-0.05, 0) is 37.2 Å². The van der Waals surface area contributed by atoms with Gasteiger partial charge in [0.15, 0.2) is 0 Å². The predicted octanol–water partition coefficient (Wildman–Crippen LogP) is 3.97. The van der Waals surface area contributed by atoms with Gasteiger partial charge in [-0.2, -0.15) is 0 Å². The van der Waals surface area contributed by atoms with E-state index in [0.29, 0.717) is 6.04 Å². The van der Waals surface area contributed by atoms with Gasteiger partial charge in [0.25, 0.3) is 0 Å². The Morgan fingerprint density at radius 2 is 2.28 bits per heavy atom. The minimum absolute atomic E-state index is 0.523. The molecule has 1 aromatic heterocycles. The lowest BCUT2D eigenvalue weighted by molar-refractivity contribution is 0.420. The van der Waals surface area contributed by atoms with Crippen molar-refractivity contribution in [3.05, 3.63) is 10.4 Å². The summed E-state index contributed by atoms with van der Waals surface area (Å²) in [7, 11) is 0. The largest absolute Gasteiger partial charge is 0.324 e. The van der Waals surface area contributed by atoms with Crippen LogP contribution in [0.3, 0.4) is 0 Å². The summed E-state index contributed by atoms with van der Waals surface area (Å²) in [5, 5.41) is 3.35. The number of thiophene rings is 1. The highest BCUT2D eigenvalue weighted by atomic mass is 35.5. The molecule has 2 bridgehead atoms. The Morgan fingerprint density at radius 3 is 3.06 bits per heavy atom. The first-order valence-corrected chi connectivity index (χ1v) is 8.36. The average molecular weight is 300 g/mol. The highest BCUT2D eigenvalue weighted by molar-refractivity contribution is 8.00. The predicted molar refractivity (Wildman–Crippen MR) is 78.6 cm³/mol. The minimum Gasteiger partial charge on any atom is -0.324 e. The fraction of sp³-hybridized carbons (Fsp3) is 0.583. The lowest BCUT2D eigenvalue weighted by Gasteiger charge is -2.22. The number of halogens is 1. The lowest BCUT2D eigenvalue weighted by Crippen LogP contribution is -2.31. The molecule has 0 saturated heterocycles. The first-order chi connectivity index (χ1) is 8.78. The molecular weight excluding hydrogens is 286 g/mol. The number of nitrogens with one attached hydrogen (secondary N) is 2. The van der Waals surface area contributed by atoms with Crippen LogP contribution in [0.5, 0.6) is 0 Å². The monoisotopic (exact) mass is 299 g/mol. The Kier molecular flexibility index (Phi) is 2.74. The highest BCUT2D eigenvalue weighted by Crippen LogP contribution is 2.46. The Hall–Kier alpha value is -0.390. The van der Waals surface area contributed by atoms with Crippen LogP contribution in [0.25, 0.3) is 0 Å². The molecule has 0 radical (unpaired) electrons. The van der Waals surface area contributed by atoms with Gasteiger partial charge in [0, 0.05) is 11.9 Å². The molecule has 0 spiro atoms. The number of rotatable bonds is 1. The smallest absolute Gasteiger partial charge is 0.206 e. The zero-order valence-electron chi connectivity index (χ0n) is 9.78. The van der Waals surface area contributed by atoms with E-state index in [0.717, 1.165) is 27.8 Å². The second-order valence-electron chi connectivity index (χ2n) is 5.30. The van der Waals surface area contributed by atoms with Crippen LogP contribution in [0.2, 0.25) is 4.34 Å². The Bertz CT molecular complexity index is 513. The maximum absolute atomic E-state index is 6.02. The van der Waals surface area contributed by atoms with Gasteiger partial charge >= 0.3 is 0 Å². The molecule has 3 atom stereocenters. The zero-order chi connectivity index (χ0) is 12.1. The Morgan fingerprint density at radius 1 is 1.33 bits per heavy atom. The molecule has 1 aliphatic heterocycles. The van der Waals surface area contributed by atoms with Gasteiger partial charge < -0.3 is 5.32 Å². The summed E-state index contributed by atoms with van der Waals surface area (Å²) in [6, 6.07) is 2.50. The fourth-order valence-electron chi connectivity index (χ4n) is 3.35. The summed E-state index contributed by atoms with van der Waals surface area (Å²) in [4.78, 5) is 4.86. The molecule has 0 amide bonds. The van der Waals surface area contributed by atoms with Crippen molar-refractivity contribution in [2.45, 2.75) is 35.9 Å². The topological polar surface area (TPSA) is 36.4 Å². The van der Waals surface area contributed by atoms with Crippen molar-refractivity contribution in [3.8, 4) is 0 Å². The summed E-state index contributed by atoms with van der Waals surface area (Å²) < 4.78 is 5.29. The van der Waals surface area contributed by atoms with E-state index in [9.17, 15) is 0 Å². The Balaban J connectivity index is 1.53. The van der Waals surface area contributed by atoms with Gasteiger partial charge in [0.05, 0.1) is 16.1 Å². The van der Waals surface area contributed by atoms with Crippen LogP contribution in [0.15, 0.2) is 15.3 Å². The number of hydrogen-bond donors (Lipinski definition) is 2. The summed E-state index contributed by atoms with van der Waals surface area (Å²) in [6.07, 6.45) is 5.46. The van der Waals surface area contributed by atoms with Gasteiger partial charge in [0.2, 0.25) is 5.96 Å². The summed E-state index contributed by atoms with van der Waals surface area (Å²) >= 11 is 9.23. The maximum atomic E-state index is 6.02. The SMILES string of the molecule is Clc1cc2c(s1)SNC(=NC1CC3CCC1C3)N2. The van der Waals surface area contributed by atoms with Crippen LogP contribution in [0, 0.1) is 11.8 Å². The molecule has 2 fully saturated rings. The van der Waals surface area contributed by atoms with Crippen molar-refractivity contribution in [3.63, 3.8) is 0 Å². The first-order valence-electron chi connectivity index (χ1n) is 6.35. The van der Waals surface area contributed by atoms with Crippen LogP contribution >= 0.6 is 34.9 Å². The Labute approximate surface area is 120 Å². The van der Waals surface area contributed by atoms with Crippen molar-refractivity contribution < 1.29 is 0 Å². The molecule has 3 aliphatic rings. The van der Waals surface area contributed by atoms with Crippen molar-refractivity contribution in [2.24, 2.45) is 16.8 Å². The second kappa shape index (κ2) is 4.32. The number of fused-ring (bicyclic) bond motifs is 3. The van der Waals surface area contributed by atoms with E-state index < -0.39 is 0 Å². The molecule has 1 aromatic rings. The summed E-state index contributed by atoms with van der Waals surface area (Å²) in [5.74, 6) is 2.66. The number of anilines is 1. The zero-order valence-corrected chi connectivity index (χ0v) is 12.2. The van der Waals surface area contributed by atoms with E-state index >= 15 is 0 Å². The van der Waals surface area contributed by atoms with Gasteiger partial charge in [-0.1, -0.05) is 18.0 Å². The lowest BCUT2D eigenvalue weighted by atomic mass is 9.96. The fourth-order valence-corrected chi connectivity index (χ4v) is 5.48. The van der Waals surface area contributed by atoms with Crippen LogP contribution in [0.4, 0.5) is 5.69 Å². The van der Waals surface area contributed by atoms with E-state index in [1.54, 1.807) is 23.3 Å². The molecule has 3 nitrogen and oxygen atoms in total. The van der Waals surface area contributed by atoms with E-state index in [1.165, 1.54) is 29.9 Å². The van der Waals surface area contributed by atoms with E-state index in [4.69, 9.17) is 16.6 Å². The molecule has 6 heteroatoms. The molecule has 4 rings (SSSR count). The quantitative estimate of drug-likeness (QED) is 0.770. The third-order valence-corrected chi connectivity index (χ3v) is 6.42. The second-order valence-corrected chi connectivity index (χ2v) is 8.06. The van der Waals surface area contributed by atoms with Crippen LogP contribution in [-0.2, 0) is 0 Å². The third-order valence-electron chi connectivity index (χ3n) is 4.16. The van der Waals surface area contributed by atoms with Gasteiger partial charge in [0.1, 0.15) is 4.21 Å². The van der Waals surface area contributed by atoms with Crippen LogP contribution < -0.4 is 10.0 Å². The van der Waals surface area contributed by atoms with E-state index in [1.807, 2.05) is 6.07 Å². The van der Waals surface area contributed by atoms with Crippen molar-refractivity contribution in [1.29, 1.82) is 0 Å². The molecule has 0 aromatic carbocycles. The average Bonchev–Trinajstić information content (AvgIpc) is 3.01. The summed E-state index contributed by atoms with van der Waals surface area (Å²) in [5.41, 5.74) is 1.09. The number of aliphatic imine (C=N–C) groups is 1. The molecule has 96 valence electrons. The van der Waals surface area contributed by atoms with Crippen molar-refractivity contribution in [1.82, 2.24) is 4.72 Å². The molecule has 2 N–H and O–H groups in total. The van der Waals surface area contributed by atoms with Crippen molar-refractivity contribution >= 4 is 46.5 Å². The normalized spacial score (nSPS) is 35.4. The molecular formula is C12H14ClN3S2. The number of guanidine groups is 1. The maximum Gasteiger partial charge on any atom is 0.206 e. The molecule has 2 saturated carbocycles. The molecule has 18 heavy (non-hydrogen) atoms. The number of hydrogen-bond acceptors (Lipinski definition) is 3. The summed E-state index contributed by atoms with van der Waals surface area (Å²) in [6.45, 7) is 0. The minimum atomic E-state index is 0.523. The van der Waals surface area contributed by atoms with Gasteiger partial charge in [-0.3, -0.25) is 4.72 Å². The molecule has 3 unspecified atom stereocenters. The van der Waals surface area contributed by atoms with Gasteiger partial charge in [-0.15, -0.1) is 11.3 Å². The third kappa shape index (κ3) is 1.92. The first kappa shape index (κ1) is 11.4. The van der Waals surface area contributed by atoms with E-state index in [-0.39, 0.29) is 0 Å².